The van der Waals surface area contributed by atoms with E-state index in [1.54, 1.807) is 38.1 Å². The first kappa shape index (κ1) is 17.2. The van der Waals surface area contributed by atoms with Gasteiger partial charge in [0, 0.05) is 11.3 Å². The van der Waals surface area contributed by atoms with E-state index in [4.69, 9.17) is 11.6 Å². The summed E-state index contributed by atoms with van der Waals surface area (Å²) in [5, 5.41) is 3.04. The van der Waals surface area contributed by atoms with Crippen LogP contribution in [0.15, 0.2) is 36.4 Å². The number of hydrogen-bond donors (Lipinski definition) is 1. The maximum atomic E-state index is 14.8. The number of carbonyl (C=O) groups is 1. The fraction of sp³-hybridized carbons (Fsp3) is 0.222. The summed E-state index contributed by atoms with van der Waals surface area (Å²) < 4.78 is 14.8. The molecule has 0 unspecified atom stereocenters. The molecule has 0 atom stereocenters. The maximum absolute atomic E-state index is 14.8. The smallest absolute Gasteiger partial charge is 0.260 e. The average molecular weight is 333 g/mol. The highest BCUT2D eigenvalue weighted by atomic mass is 35.5. The molecular formula is C18H18ClFN2O. The van der Waals surface area contributed by atoms with Crippen molar-refractivity contribution in [2.75, 3.05) is 5.32 Å². The Morgan fingerprint density at radius 2 is 2.00 bits per heavy atom. The Morgan fingerprint density at radius 1 is 1.30 bits per heavy atom. The molecule has 3 nitrogen and oxygen atoms in total. The van der Waals surface area contributed by atoms with E-state index < -0.39 is 11.7 Å². The third-order valence-electron chi connectivity index (χ3n) is 3.53. The van der Waals surface area contributed by atoms with Gasteiger partial charge in [0.25, 0.3) is 5.91 Å². The fourth-order valence-electron chi connectivity index (χ4n) is 2.33. The standard InChI is InChI=1S/C18H18ClFN2O/c1-4-5-8-13-11(2)21-12(3)16(17(13)20)18(23)22-15-10-7-6-9-14(15)19/h4-7,9-10H,8H2,1-3H3,(H,22,23). The average Bonchev–Trinajstić information content (AvgIpc) is 2.49. The van der Waals surface area contributed by atoms with Crippen LogP contribution >= 0.6 is 11.6 Å². The highest BCUT2D eigenvalue weighted by Gasteiger charge is 2.21. The largest absolute Gasteiger partial charge is 0.320 e. The molecule has 0 spiro atoms. The van der Waals surface area contributed by atoms with Crippen molar-refractivity contribution >= 4 is 23.2 Å². The number of anilines is 1. The van der Waals surface area contributed by atoms with Gasteiger partial charge in [-0.2, -0.15) is 0 Å². The van der Waals surface area contributed by atoms with Gasteiger partial charge >= 0.3 is 0 Å². The number of halogens is 2. The zero-order chi connectivity index (χ0) is 17.0. The molecule has 5 heteroatoms. The topological polar surface area (TPSA) is 42.0 Å². The number of nitrogens with one attached hydrogen (secondary N) is 1. The second-order valence-corrected chi connectivity index (χ2v) is 5.56. The van der Waals surface area contributed by atoms with Crippen molar-refractivity contribution in [3.8, 4) is 0 Å². The molecule has 2 rings (SSSR count). The van der Waals surface area contributed by atoms with Gasteiger partial charge in [0.15, 0.2) is 0 Å². The Kier molecular flexibility index (Phi) is 5.50. The maximum Gasteiger partial charge on any atom is 0.260 e. The molecule has 0 fully saturated rings. The number of benzene rings is 1. The Bertz CT molecular complexity index is 772. The summed E-state index contributed by atoms with van der Waals surface area (Å²) >= 11 is 6.03. The van der Waals surface area contributed by atoms with E-state index in [1.807, 2.05) is 19.1 Å². The summed E-state index contributed by atoms with van der Waals surface area (Å²) in [6, 6.07) is 6.82. The number of hydrogen-bond acceptors (Lipinski definition) is 2. The number of aromatic nitrogens is 1. The van der Waals surface area contributed by atoms with Crippen LogP contribution in [0.25, 0.3) is 0 Å². The van der Waals surface area contributed by atoms with Crippen molar-refractivity contribution < 1.29 is 9.18 Å². The van der Waals surface area contributed by atoms with Gasteiger partial charge < -0.3 is 5.32 Å². The van der Waals surface area contributed by atoms with E-state index in [1.165, 1.54) is 0 Å². The van der Waals surface area contributed by atoms with Gasteiger partial charge in [-0.05, 0) is 39.3 Å². The van der Waals surface area contributed by atoms with Crippen LogP contribution in [0.4, 0.5) is 10.1 Å². The van der Waals surface area contributed by atoms with Gasteiger partial charge in [-0.3, -0.25) is 9.78 Å². The Hall–Kier alpha value is -2.20. The van der Waals surface area contributed by atoms with E-state index in [0.717, 1.165) is 0 Å². The molecule has 0 saturated heterocycles. The summed E-state index contributed by atoms with van der Waals surface area (Å²) in [5.41, 5.74) is 1.77. The number of pyridine rings is 1. The minimum Gasteiger partial charge on any atom is -0.320 e. The number of nitrogens with zero attached hydrogens (tertiary/aromatic N) is 1. The third kappa shape index (κ3) is 3.77. The summed E-state index contributed by atoms with van der Waals surface area (Å²) in [6.07, 6.45) is 4.06. The number of allylic oxidation sites excluding steroid dienone is 2. The second kappa shape index (κ2) is 7.38. The molecule has 0 aliphatic rings. The van der Waals surface area contributed by atoms with Crippen LogP contribution in [0, 0.1) is 19.7 Å². The van der Waals surface area contributed by atoms with Crippen LogP contribution in [0.3, 0.4) is 0 Å². The third-order valence-corrected chi connectivity index (χ3v) is 3.85. The molecule has 1 amide bonds. The van der Waals surface area contributed by atoms with Crippen molar-refractivity contribution in [2.45, 2.75) is 27.2 Å². The first-order valence-corrected chi connectivity index (χ1v) is 7.66. The zero-order valence-corrected chi connectivity index (χ0v) is 14.0. The monoisotopic (exact) mass is 332 g/mol. The SMILES string of the molecule is CC=CCc1c(C)nc(C)c(C(=O)Nc2ccccc2Cl)c1F. The van der Waals surface area contributed by atoms with Gasteiger partial charge in [-0.1, -0.05) is 35.9 Å². The minimum atomic E-state index is -0.553. The first-order valence-electron chi connectivity index (χ1n) is 7.28. The van der Waals surface area contributed by atoms with Crippen molar-refractivity contribution in [3.05, 3.63) is 69.8 Å². The van der Waals surface area contributed by atoms with E-state index in [-0.39, 0.29) is 5.56 Å². The summed E-state index contributed by atoms with van der Waals surface area (Å²) in [6.45, 7) is 5.22. The van der Waals surface area contributed by atoms with Crippen molar-refractivity contribution in [1.29, 1.82) is 0 Å². The predicted octanol–water partition coefficient (Wildman–Crippen LogP) is 4.86. The zero-order valence-electron chi connectivity index (χ0n) is 13.3. The lowest BCUT2D eigenvalue weighted by molar-refractivity contribution is 0.102. The molecule has 1 N–H and O–H groups in total. The molecule has 0 saturated carbocycles. The van der Waals surface area contributed by atoms with Gasteiger partial charge in [0.1, 0.15) is 5.82 Å². The Labute approximate surface area is 140 Å². The number of aryl methyl sites for hydroxylation is 2. The Morgan fingerprint density at radius 3 is 2.65 bits per heavy atom. The number of carbonyl (C=O) groups excluding carboxylic acids is 1. The molecule has 1 aromatic carbocycles. The number of amides is 1. The molecule has 0 aliphatic heterocycles. The summed E-state index contributed by atoms with van der Waals surface area (Å²) in [7, 11) is 0. The lowest BCUT2D eigenvalue weighted by Gasteiger charge is -2.13. The lowest BCUT2D eigenvalue weighted by Crippen LogP contribution is -2.18. The minimum absolute atomic E-state index is 0.0463. The molecule has 0 bridgehead atoms. The van der Waals surface area contributed by atoms with E-state index in [0.29, 0.717) is 34.1 Å². The second-order valence-electron chi connectivity index (χ2n) is 5.16. The number of para-hydroxylation sites is 1. The number of rotatable bonds is 4. The first-order chi connectivity index (χ1) is 11.0. The van der Waals surface area contributed by atoms with E-state index in [9.17, 15) is 9.18 Å². The van der Waals surface area contributed by atoms with Crippen LogP contribution in [0.2, 0.25) is 5.02 Å². The Balaban J connectivity index is 2.42. The summed E-state index contributed by atoms with van der Waals surface area (Å²) in [4.78, 5) is 16.8. The predicted molar refractivity (Wildman–Crippen MR) is 91.6 cm³/mol. The molecule has 23 heavy (non-hydrogen) atoms. The normalized spacial score (nSPS) is 11.0. The molecule has 120 valence electrons. The molecule has 1 heterocycles. The van der Waals surface area contributed by atoms with E-state index >= 15 is 0 Å². The van der Waals surface area contributed by atoms with Crippen LogP contribution in [-0.4, -0.2) is 10.9 Å². The molecular weight excluding hydrogens is 315 g/mol. The van der Waals surface area contributed by atoms with Gasteiger partial charge in [0.05, 0.1) is 22.0 Å². The van der Waals surface area contributed by atoms with Crippen LogP contribution in [0.5, 0.6) is 0 Å². The van der Waals surface area contributed by atoms with Gasteiger partial charge in [0.2, 0.25) is 0 Å². The molecule has 0 aliphatic carbocycles. The molecule has 1 aromatic heterocycles. The van der Waals surface area contributed by atoms with E-state index in [2.05, 4.69) is 10.3 Å². The van der Waals surface area contributed by atoms with Crippen LogP contribution < -0.4 is 5.32 Å². The van der Waals surface area contributed by atoms with Gasteiger partial charge in [-0.15, -0.1) is 0 Å². The van der Waals surface area contributed by atoms with Crippen LogP contribution in [-0.2, 0) is 6.42 Å². The van der Waals surface area contributed by atoms with Crippen molar-refractivity contribution in [3.63, 3.8) is 0 Å². The summed E-state index contributed by atoms with van der Waals surface area (Å²) in [5.74, 6) is -1.08. The molecule has 2 aromatic rings. The van der Waals surface area contributed by atoms with Crippen LogP contribution in [0.1, 0.15) is 34.2 Å². The van der Waals surface area contributed by atoms with Crippen molar-refractivity contribution in [1.82, 2.24) is 4.98 Å². The fourth-order valence-corrected chi connectivity index (χ4v) is 2.51. The quantitative estimate of drug-likeness (QED) is 0.812. The van der Waals surface area contributed by atoms with Crippen molar-refractivity contribution in [2.24, 2.45) is 0 Å². The lowest BCUT2D eigenvalue weighted by atomic mass is 10.0. The molecule has 0 radical (unpaired) electrons. The van der Waals surface area contributed by atoms with Gasteiger partial charge in [-0.25, -0.2) is 4.39 Å². The highest BCUT2D eigenvalue weighted by molar-refractivity contribution is 6.33. The highest BCUT2D eigenvalue weighted by Crippen LogP contribution is 2.24.